The van der Waals surface area contributed by atoms with E-state index >= 15 is 0 Å². The molecule has 4 rings (SSSR count). The Hall–Kier alpha value is -3.90. The van der Waals surface area contributed by atoms with Crippen LogP contribution in [0.2, 0.25) is 0 Å². The molecule has 0 fully saturated rings. The van der Waals surface area contributed by atoms with Crippen molar-refractivity contribution in [2.45, 2.75) is 13.3 Å². The van der Waals surface area contributed by atoms with Gasteiger partial charge < -0.3 is 14.6 Å². The van der Waals surface area contributed by atoms with Crippen LogP contribution in [0.4, 0.5) is 0 Å². The van der Waals surface area contributed by atoms with Gasteiger partial charge in [0.1, 0.15) is 16.4 Å². The molecule has 4 aromatic rings. The number of rotatable bonds is 8. The molecule has 1 heterocycles. The zero-order valence-corrected chi connectivity index (χ0v) is 18.1. The minimum absolute atomic E-state index is 0.108. The average molecular weight is 445 g/mol. The molecular formula is C26H20O5S. The zero-order chi connectivity index (χ0) is 22.5. The van der Waals surface area contributed by atoms with E-state index in [1.54, 1.807) is 36.4 Å². The van der Waals surface area contributed by atoms with Gasteiger partial charge >= 0.3 is 0 Å². The smallest absolute Gasteiger partial charge is 0.297 e. The van der Waals surface area contributed by atoms with Crippen LogP contribution in [0, 0.1) is 0 Å². The van der Waals surface area contributed by atoms with Crippen LogP contribution in [0.1, 0.15) is 33.3 Å². The number of phenolic OH excluding ortho intramolecular Hbond substituents is 1. The summed E-state index contributed by atoms with van der Waals surface area (Å²) in [6.07, 6.45) is 3.69. The number of aromatic hydroxyl groups is 1. The quantitative estimate of drug-likeness (QED) is 0.195. The summed E-state index contributed by atoms with van der Waals surface area (Å²) in [7, 11) is 0. The second-order valence-electron chi connectivity index (χ2n) is 6.99. The van der Waals surface area contributed by atoms with Crippen LogP contribution in [0.25, 0.3) is 16.2 Å². The normalized spacial score (nSPS) is 11.0. The number of carbonyl (C=O) groups excluding carboxylic acids is 2. The van der Waals surface area contributed by atoms with E-state index in [2.05, 4.69) is 4.74 Å². The number of benzene rings is 3. The maximum Gasteiger partial charge on any atom is 0.297 e. The number of aryl methyl sites for hydroxylation is 1. The van der Waals surface area contributed by atoms with Gasteiger partial charge in [0.05, 0.1) is 6.26 Å². The van der Waals surface area contributed by atoms with Gasteiger partial charge in [-0.3, -0.25) is 9.59 Å². The Labute approximate surface area is 189 Å². The van der Waals surface area contributed by atoms with E-state index in [4.69, 9.17) is 4.74 Å². The molecule has 0 unspecified atom stereocenters. The largest absolute Gasteiger partial charge is 0.508 e. The molecule has 0 saturated carbocycles. The fourth-order valence-electron chi connectivity index (χ4n) is 3.40. The van der Waals surface area contributed by atoms with Crippen LogP contribution in [0.3, 0.4) is 0 Å². The third-order valence-corrected chi connectivity index (χ3v) is 6.10. The minimum Gasteiger partial charge on any atom is -0.508 e. The molecule has 5 nitrogen and oxygen atoms in total. The third-order valence-electron chi connectivity index (χ3n) is 4.97. The molecule has 1 N–H and O–H groups in total. The number of ether oxygens (including phenoxy) is 2. The Morgan fingerprint density at radius 2 is 1.84 bits per heavy atom. The van der Waals surface area contributed by atoms with Crippen LogP contribution in [0.15, 0.2) is 73.0 Å². The van der Waals surface area contributed by atoms with E-state index in [0.29, 0.717) is 28.4 Å². The van der Waals surface area contributed by atoms with Gasteiger partial charge in [-0.1, -0.05) is 43.3 Å². The van der Waals surface area contributed by atoms with Gasteiger partial charge in [-0.25, -0.2) is 0 Å². The molecule has 0 aliphatic heterocycles. The number of phenols is 1. The van der Waals surface area contributed by atoms with E-state index in [1.807, 2.05) is 43.3 Å². The first-order chi connectivity index (χ1) is 15.6. The van der Waals surface area contributed by atoms with Crippen molar-refractivity contribution in [1.82, 2.24) is 0 Å². The molecular weight excluding hydrogens is 424 g/mol. The highest BCUT2D eigenvalue weighted by molar-refractivity contribution is 7.21. The van der Waals surface area contributed by atoms with Crippen LogP contribution in [-0.2, 0) is 16.0 Å². The van der Waals surface area contributed by atoms with Crippen molar-refractivity contribution in [2.75, 3.05) is 0 Å². The number of hydrogen-bond donors (Lipinski definition) is 1. The van der Waals surface area contributed by atoms with Crippen molar-refractivity contribution in [2.24, 2.45) is 0 Å². The summed E-state index contributed by atoms with van der Waals surface area (Å²) >= 11 is 1.30. The fourth-order valence-corrected chi connectivity index (χ4v) is 4.52. The number of carbonyl (C=O) groups is 2. The average Bonchev–Trinajstić information content (AvgIpc) is 3.17. The molecule has 6 heteroatoms. The maximum absolute atomic E-state index is 13.5. The van der Waals surface area contributed by atoms with Gasteiger partial charge in [0.25, 0.3) is 6.47 Å². The van der Waals surface area contributed by atoms with Crippen LogP contribution in [-0.4, -0.2) is 17.4 Å². The summed E-state index contributed by atoms with van der Waals surface area (Å²) in [5.74, 6) is 1.05. The van der Waals surface area contributed by atoms with Crippen molar-refractivity contribution >= 4 is 39.8 Å². The monoisotopic (exact) mass is 444 g/mol. The first-order valence-electron chi connectivity index (χ1n) is 10.0. The Morgan fingerprint density at radius 1 is 1.06 bits per heavy atom. The summed E-state index contributed by atoms with van der Waals surface area (Å²) in [6.45, 7) is 2.37. The third kappa shape index (κ3) is 4.40. The summed E-state index contributed by atoms with van der Waals surface area (Å²) in [5.41, 5.74) is 2.44. The summed E-state index contributed by atoms with van der Waals surface area (Å²) in [6, 6.07) is 19.7. The zero-order valence-electron chi connectivity index (χ0n) is 17.3. The molecule has 0 aliphatic carbocycles. The molecule has 160 valence electrons. The van der Waals surface area contributed by atoms with E-state index in [1.165, 1.54) is 17.6 Å². The fraction of sp³-hybridized carbons (Fsp3) is 0.0769. The van der Waals surface area contributed by atoms with Crippen molar-refractivity contribution in [3.8, 4) is 17.2 Å². The van der Waals surface area contributed by atoms with Crippen molar-refractivity contribution in [3.05, 3.63) is 94.6 Å². The first-order valence-corrected chi connectivity index (χ1v) is 10.8. The molecule has 0 spiro atoms. The Kier molecular flexibility index (Phi) is 6.33. The van der Waals surface area contributed by atoms with E-state index in [9.17, 15) is 14.7 Å². The maximum atomic E-state index is 13.5. The van der Waals surface area contributed by atoms with Crippen LogP contribution >= 0.6 is 11.3 Å². The molecule has 0 radical (unpaired) electrons. The molecule has 0 amide bonds. The second kappa shape index (κ2) is 9.49. The molecule has 0 saturated heterocycles. The summed E-state index contributed by atoms with van der Waals surface area (Å²) in [4.78, 5) is 24.2. The van der Waals surface area contributed by atoms with Crippen LogP contribution < -0.4 is 4.74 Å². The predicted octanol–water partition coefficient (Wildman–Crippen LogP) is 6.34. The predicted molar refractivity (Wildman–Crippen MR) is 125 cm³/mol. The van der Waals surface area contributed by atoms with Gasteiger partial charge in [0.15, 0.2) is 5.75 Å². The number of ketones is 1. The Morgan fingerprint density at radius 3 is 2.59 bits per heavy atom. The lowest BCUT2D eigenvalue weighted by molar-refractivity contribution is -0.123. The standard InChI is InChI=1S/C26H20O5S/c1-2-18-5-3-4-6-21(18)24(29)26-25(22-12-9-19(28)15-23(22)32-26)31-20-10-7-17(8-11-20)13-14-30-16-27/h3-16,28H,2H2,1H3/b14-13+. The second-order valence-corrected chi connectivity index (χ2v) is 8.04. The van der Waals surface area contributed by atoms with Gasteiger partial charge in [-0.05, 0) is 54.0 Å². The number of hydrogen-bond acceptors (Lipinski definition) is 6. The number of fused-ring (bicyclic) bond motifs is 1. The Bertz CT molecular complexity index is 1300. The molecule has 3 aromatic carbocycles. The van der Waals surface area contributed by atoms with E-state index in [0.717, 1.165) is 27.6 Å². The van der Waals surface area contributed by atoms with Gasteiger partial charge in [-0.2, -0.15) is 0 Å². The summed E-state index contributed by atoms with van der Waals surface area (Å²) in [5, 5.41) is 10.7. The number of thiophene rings is 1. The molecule has 32 heavy (non-hydrogen) atoms. The van der Waals surface area contributed by atoms with Crippen molar-refractivity contribution in [1.29, 1.82) is 0 Å². The lowest BCUT2D eigenvalue weighted by atomic mass is 10.0. The molecule has 1 aromatic heterocycles. The van der Waals surface area contributed by atoms with Gasteiger partial charge in [0, 0.05) is 15.6 Å². The van der Waals surface area contributed by atoms with Gasteiger partial charge in [-0.15, -0.1) is 11.3 Å². The highest BCUT2D eigenvalue weighted by Crippen LogP contribution is 2.43. The Balaban J connectivity index is 1.75. The minimum atomic E-state index is -0.108. The van der Waals surface area contributed by atoms with Crippen molar-refractivity contribution in [3.63, 3.8) is 0 Å². The van der Waals surface area contributed by atoms with Crippen LogP contribution in [0.5, 0.6) is 17.2 Å². The molecule has 0 atom stereocenters. The summed E-state index contributed by atoms with van der Waals surface area (Å²) < 4.78 is 11.5. The first kappa shape index (κ1) is 21.3. The van der Waals surface area contributed by atoms with E-state index < -0.39 is 0 Å². The highest BCUT2D eigenvalue weighted by atomic mass is 32.1. The van der Waals surface area contributed by atoms with E-state index in [-0.39, 0.29) is 11.5 Å². The SMILES string of the molecule is CCc1ccccc1C(=O)c1sc2cc(O)ccc2c1Oc1ccc(/C=C/OC=O)cc1. The lowest BCUT2D eigenvalue weighted by Crippen LogP contribution is -2.04. The highest BCUT2D eigenvalue weighted by Gasteiger charge is 2.23. The van der Waals surface area contributed by atoms with Gasteiger partial charge in [0.2, 0.25) is 5.78 Å². The lowest BCUT2D eigenvalue weighted by Gasteiger charge is -2.10. The van der Waals surface area contributed by atoms with Crippen molar-refractivity contribution < 1.29 is 24.2 Å². The topological polar surface area (TPSA) is 72.8 Å². The molecule has 0 aliphatic rings. The molecule has 0 bridgehead atoms.